The lowest BCUT2D eigenvalue weighted by atomic mass is 9.37. The van der Waals surface area contributed by atoms with E-state index in [0.717, 1.165) is 32.1 Å². The van der Waals surface area contributed by atoms with E-state index in [9.17, 15) is 30.0 Å². The minimum atomic E-state index is -1.42. The number of rotatable bonds is 3. The van der Waals surface area contributed by atoms with Crippen molar-refractivity contribution < 1.29 is 30.0 Å². The van der Waals surface area contributed by atoms with Gasteiger partial charge < -0.3 is 20.4 Å². The van der Waals surface area contributed by atoms with Gasteiger partial charge in [-0.1, -0.05) is 38.8 Å². The summed E-state index contributed by atoms with van der Waals surface area (Å²) in [4.78, 5) is 25.4. The molecule has 3 saturated carbocycles. The number of carboxylic acids is 2. The lowest BCUT2D eigenvalue weighted by Gasteiger charge is -2.67. The molecule has 0 radical (unpaired) electrons. The highest BCUT2D eigenvalue weighted by Gasteiger charge is 2.69. The molecule has 37 heavy (non-hydrogen) atoms. The highest BCUT2D eigenvalue weighted by atomic mass is 35.5. The first kappa shape index (κ1) is 27.5. The highest BCUT2D eigenvalue weighted by Crippen LogP contribution is 2.72. The summed E-state index contributed by atoms with van der Waals surface area (Å²) in [6, 6.07) is 0. The molecule has 0 aromatic rings. The molecule has 0 aliphatic heterocycles. The molecule has 208 valence electrons. The number of carbonyl (C=O) groups is 2. The zero-order chi connectivity index (χ0) is 27.3. The van der Waals surface area contributed by atoms with E-state index >= 15 is 0 Å². The van der Waals surface area contributed by atoms with Gasteiger partial charge >= 0.3 is 11.9 Å². The standard InChI is InChI=1S/C30H45ClO6/c1-26(2)10-11-30(25(36)37)9-6-17-22(18(30)13-26)16(15-31)12-21-27(17,3)8-7-20-28(21,4)14-19(32)23(33)29(20,5)24(34)35/h16,18-21,23,32-33H,6-15H2,1-5H3,(H,34,35)(H,36,37)/t16-,18+,19+,20-,21+,23+,27-,28+,29+,30+/m1/s1. The predicted octanol–water partition coefficient (Wildman–Crippen LogP) is 5.49. The van der Waals surface area contributed by atoms with Gasteiger partial charge in [-0.05, 0) is 105 Å². The molecule has 0 saturated heterocycles. The Hall–Kier alpha value is -1.11. The molecule has 5 rings (SSSR count). The van der Waals surface area contributed by atoms with Crippen molar-refractivity contribution in [3.63, 3.8) is 0 Å². The van der Waals surface area contributed by atoms with Gasteiger partial charge in [0, 0.05) is 5.88 Å². The van der Waals surface area contributed by atoms with Gasteiger partial charge in [0.15, 0.2) is 0 Å². The summed E-state index contributed by atoms with van der Waals surface area (Å²) < 4.78 is 0. The van der Waals surface area contributed by atoms with Crippen LogP contribution in [-0.2, 0) is 9.59 Å². The molecule has 7 heteroatoms. The Morgan fingerprint density at radius 1 is 0.919 bits per heavy atom. The molecular formula is C30H45ClO6. The Morgan fingerprint density at radius 2 is 1.59 bits per heavy atom. The third kappa shape index (κ3) is 3.50. The summed E-state index contributed by atoms with van der Waals surface area (Å²) in [7, 11) is 0. The SMILES string of the molecule is CC1(C)CC[C@@]2(C(=O)O)CCC3=C([C@@H](CCl)C[C@@H]4[C@@]5(C)C[C@H](O)[C@H](O)[C@@](C)(C(=O)O)[C@@H]5CC[C@]34C)[C@@H]2C1. The second-order valence-electron chi connectivity index (χ2n) is 14.8. The maximum absolute atomic E-state index is 12.8. The Bertz CT molecular complexity index is 1040. The van der Waals surface area contributed by atoms with Crippen molar-refractivity contribution >= 4 is 23.5 Å². The van der Waals surface area contributed by atoms with Gasteiger partial charge in [-0.2, -0.15) is 0 Å². The Balaban J connectivity index is 1.65. The molecule has 6 nitrogen and oxygen atoms in total. The fourth-order valence-corrected chi connectivity index (χ4v) is 10.9. The van der Waals surface area contributed by atoms with Crippen LogP contribution < -0.4 is 0 Å². The van der Waals surface area contributed by atoms with Gasteiger partial charge in [-0.15, -0.1) is 11.6 Å². The minimum Gasteiger partial charge on any atom is -0.481 e. The van der Waals surface area contributed by atoms with Gasteiger partial charge in [0.25, 0.3) is 0 Å². The van der Waals surface area contributed by atoms with Crippen LogP contribution in [0.3, 0.4) is 0 Å². The second kappa shape index (κ2) is 8.44. The van der Waals surface area contributed by atoms with Crippen LogP contribution in [0.2, 0.25) is 0 Å². The van der Waals surface area contributed by atoms with Crippen molar-refractivity contribution in [1.82, 2.24) is 0 Å². The van der Waals surface area contributed by atoms with Crippen LogP contribution in [0.15, 0.2) is 11.1 Å². The van der Waals surface area contributed by atoms with Gasteiger partial charge in [0.2, 0.25) is 0 Å². The monoisotopic (exact) mass is 536 g/mol. The summed E-state index contributed by atoms with van der Waals surface area (Å²) >= 11 is 6.72. The summed E-state index contributed by atoms with van der Waals surface area (Å²) in [5, 5.41) is 42.7. The molecule has 0 aromatic heterocycles. The highest BCUT2D eigenvalue weighted by molar-refractivity contribution is 6.18. The molecule has 0 spiro atoms. The number of aliphatic hydroxyl groups is 2. The van der Waals surface area contributed by atoms with Crippen LogP contribution in [0.5, 0.6) is 0 Å². The zero-order valence-corrected chi connectivity index (χ0v) is 23.8. The molecule has 0 bridgehead atoms. The first-order valence-corrected chi connectivity index (χ1v) is 14.7. The van der Waals surface area contributed by atoms with Crippen LogP contribution in [0.1, 0.15) is 92.4 Å². The zero-order valence-electron chi connectivity index (χ0n) is 23.0. The lowest BCUT2D eigenvalue weighted by molar-refractivity contribution is -0.225. The van der Waals surface area contributed by atoms with E-state index in [0.29, 0.717) is 31.6 Å². The fraction of sp³-hybridized carbons (Fsp3) is 0.867. The van der Waals surface area contributed by atoms with E-state index in [4.69, 9.17) is 11.6 Å². The molecule has 4 N–H and O–H groups in total. The third-order valence-corrected chi connectivity index (χ3v) is 13.0. The van der Waals surface area contributed by atoms with Crippen molar-refractivity contribution in [2.45, 2.75) is 105 Å². The molecule has 3 fully saturated rings. The van der Waals surface area contributed by atoms with Crippen LogP contribution in [0, 0.1) is 50.7 Å². The summed E-state index contributed by atoms with van der Waals surface area (Å²) in [5.41, 5.74) is -0.0655. The number of aliphatic carboxylic acids is 2. The number of fused-ring (bicyclic) bond motifs is 6. The number of alkyl halides is 1. The molecule has 10 atom stereocenters. The van der Waals surface area contributed by atoms with Crippen molar-refractivity contribution in [2.75, 3.05) is 5.88 Å². The first-order chi connectivity index (χ1) is 17.1. The van der Waals surface area contributed by atoms with Crippen LogP contribution in [0.4, 0.5) is 0 Å². The average Bonchev–Trinajstić information content (AvgIpc) is 2.81. The van der Waals surface area contributed by atoms with Gasteiger partial charge in [0.1, 0.15) is 0 Å². The number of hydrogen-bond donors (Lipinski definition) is 4. The van der Waals surface area contributed by atoms with Crippen molar-refractivity contribution in [1.29, 1.82) is 0 Å². The molecule has 0 amide bonds. The molecule has 5 aliphatic rings. The van der Waals surface area contributed by atoms with E-state index in [1.165, 1.54) is 11.1 Å². The number of hydrogen-bond acceptors (Lipinski definition) is 4. The van der Waals surface area contributed by atoms with Crippen molar-refractivity contribution in [3.05, 3.63) is 11.1 Å². The van der Waals surface area contributed by atoms with Crippen molar-refractivity contribution in [3.8, 4) is 0 Å². The van der Waals surface area contributed by atoms with Crippen LogP contribution >= 0.6 is 11.6 Å². The van der Waals surface area contributed by atoms with Gasteiger partial charge in [0.05, 0.1) is 23.0 Å². The van der Waals surface area contributed by atoms with Crippen LogP contribution in [-0.4, -0.2) is 50.5 Å². The normalized spacial score (nSPS) is 50.8. The third-order valence-electron chi connectivity index (χ3n) is 12.6. The Kier molecular flexibility index (Phi) is 6.27. The Morgan fingerprint density at radius 3 is 2.19 bits per heavy atom. The molecular weight excluding hydrogens is 492 g/mol. The number of allylic oxidation sites excluding steroid dienone is 2. The molecule has 0 heterocycles. The van der Waals surface area contributed by atoms with Gasteiger partial charge in [-0.25, -0.2) is 0 Å². The van der Waals surface area contributed by atoms with E-state index in [1.807, 2.05) is 0 Å². The maximum Gasteiger partial charge on any atom is 0.312 e. The fourth-order valence-electron chi connectivity index (χ4n) is 10.6. The molecule has 0 aromatic carbocycles. The van der Waals surface area contributed by atoms with Gasteiger partial charge in [-0.3, -0.25) is 9.59 Å². The maximum atomic E-state index is 12.8. The van der Waals surface area contributed by atoms with Crippen molar-refractivity contribution in [2.24, 2.45) is 50.7 Å². The summed E-state index contributed by atoms with van der Waals surface area (Å²) in [6.07, 6.45) is 4.09. The van der Waals surface area contributed by atoms with E-state index in [-0.39, 0.29) is 34.5 Å². The second-order valence-corrected chi connectivity index (χ2v) is 15.1. The topological polar surface area (TPSA) is 115 Å². The first-order valence-electron chi connectivity index (χ1n) is 14.2. The smallest absolute Gasteiger partial charge is 0.312 e. The van der Waals surface area contributed by atoms with E-state index in [2.05, 4.69) is 27.7 Å². The molecule has 0 unspecified atom stereocenters. The van der Waals surface area contributed by atoms with Crippen LogP contribution in [0.25, 0.3) is 0 Å². The lowest BCUT2D eigenvalue weighted by Crippen LogP contribution is -2.67. The minimum absolute atomic E-state index is 0.0207. The molecule has 5 aliphatic carbocycles. The average molecular weight is 537 g/mol. The van der Waals surface area contributed by atoms with E-state index in [1.54, 1.807) is 6.92 Å². The summed E-state index contributed by atoms with van der Waals surface area (Å²) in [5.74, 6) is -1.43. The quantitative estimate of drug-likeness (QED) is 0.280. The number of carboxylic acid groups (broad SMARTS) is 2. The van der Waals surface area contributed by atoms with E-state index < -0.39 is 40.4 Å². The predicted molar refractivity (Wildman–Crippen MR) is 141 cm³/mol. The number of halogens is 1. The number of aliphatic hydroxyl groups excluding tert-OH is 2. The Labute approximate surface area is 225 Å². The largest absolute Gasteiger partial charge is 0.481 e. The summed E-state index contributed by atoms with van der Waals surface area (Å²) in [6.45, 7) is 10.6.